The molecule has 1 aliphatic carbocycles. The van der Waals surface area contributed by atoms with Crippen molar-refractivity contribution in [3.63, 3.8) is 0 Å². The quantitative estimate of drug-likeness (QED) is 0.787. The van der Waals surface area contributed by atoms with Gasteiger partial charge in [-0.15, -0.1) is 11.6 Å². The number of alkyl halides is 1. The van der Waals surface area contributed by atoms with E-state index >= 15 is 0 Å². The molecule has 1 fully saturated rings. The third kappa shape index (κ3) is 2.58. The van der Waals surface area contributed by atoms with E-state index in [1.54, 1.807) is 0 Å². The molecule has 1 aromatic heterocycles. The minimum absolute atomic E-state index is 0.291. The van der Waals surface area contributed by atoms with Gasteiger partial charge in [-0.3, -0.25) is 0 Å². The zero-order valence-electron chi connectivity index (χ0n) is 13.2. The molecule has 1 heterocycles. The summed E-state index contributed by atoms with van der Waals surface area (Å²) in [6.07, 6.45) is 4.70. The Labute approximate surface area is 131 Å². The standard InChI is InChI=1S/C17H24ClN3/c1-13-5-6-15-14(11-13)19-16(7-10-18)21(15)12-17(20(2)3)8-4-9-17/h5-6,11H,4,7-10,12H2,1-3H3. The lowest BCUT2D eigenvalue weighted by atomic mass is 9.75. The van der Waals surface area contributed by atoms with Gasteiger partial charge in [0.15, 0.2) is 0 Å². The van der Waals surface area contributed by atoms with Crippen molar-refractivity contribution < 1.29 is 0 Å². The van der Waals surface area contributed by atoms with E-state index in [0.29, 0.717) is 11.4 Å². The first kappa shape index (κ1) is 14.9. The van der Waals surface area contributed by atoms with Crippen LogP contribution in [-0.4, -0.2) is 40.0 Å². The van der Waals surface area contributed by atoms with E-state index in [9.17, 15) is 0 Å². The Morgan fingerprint density at radius 3 is 2.67 bits per heavy atom. The number of benzene rings is 1. The number of halogens is 1. The number of imidazole rings is 1. The highest BCUT2D eigenvalue weighted by molar-refractivity contribution is 6.17. The maximum atomic E-state index is 5.98. The highest BCUT2D eigenvalue weighted by Gasteiger charge is 2.40. The second-order valence-corrected chi connectivity index (χ2v) is 6.90. The molecule has 0 atom stereocenters. The van der Waals surface area contributed by atoms with Gasteiger partial charge in [0.2, 0.25) is 0 Å². The molecule has 0 saturated heterocycles. The maximum absolute atomic E-state index is 5.98. The molecule has 1 aromatic carbocycles. The molecule has 3 rings (SSSR count). The SMILES string of the molecule is Cc1ccc2c(c1)nc(CCCl)n2CC1(N(C)C)CCC1. The predicted octanol–water partition coefficient (Wildman–Crippen LogP) is 3.61. The number of hydrogen-bond acceptors (Lipinski definition) is 2. The van der Waals surface area contributed by atoms with Crippen molar-refractivity contribution in [1.82, 2.24) is 14.5 Å². The van der Waals surface area contributed by atoms with E-state index in [2.05, 4.69) is 48.7 Å². The first-order valence-electron chi connectivity index (χ1n) is 7.75. The topological polar surface area (TPSA) is 21.1 Å². The van der Waals surface area contributed by atoms with Gasteiger partial charge in [0.1, 0.15) is 5.82 Å². The molecule has 1 saturated carbocycles. The Morgan fingerprint density at radius 2 is 2.10 bits per heavy atom. The summed E-state index contributed by atoms with van der Waals surface area (Å²) < 4.78 is 2.40. The van der Waals surface area contributed by atoms with Crippen LogP contribution in [0.5, 0.6) is 0 Å². The van der Waals surface area contributed by atoms with Crippen molar-refractivity contribution in [1.29, 1.82) is 0 Å². The van der Waals surface area contributed by atoms with Gasteiger partial charge in [0.05, 0.1) is 11.0 Å². The highest BCUT2D eigenvalue weighted by Crippen LogP contribution is 2.38. The number of rotatable bonds is 5. The Morgan fingerprint density at radius 1 is 1.33 bits per heavy atom. The summed E-state index contributed by atoms with van der Waals surface area (Å²) in [5.41, 5.74) is 3.90. The highest BCUT2D eigenvalue weighted by atomic mass is 35.5. The number of hydrogen-bond donors (Lipinski definition) is 0. The summed E-state index contributed by atoms with van der Waals surface area (Å²) in [4.78, 5) is 7.22. The van der Waals surface area contributed by atoms with Crippen molar-refractivity contribution >= 4 is 22.6 Å². The van der Waals surface area contributed by atoms with Crippen molar-refractivity contribution in [3.8, 4) is 0 Å². The average Bonchev–Trinajstić information content (AvgIpc) is 2.70. The number of likely N-dealkylation sites (N-methyl/N-ethyl adjacent to an activating group) is 1. The molecule has 0 unspecified atom stereocenters. The van der Waals surface area contributed by atoms with Crippen LogP contribution in [0.3, 0.4) is 0 Å². The number of nitrogens with zero attached hydrogens (tertiary/aromatic N) is 3. The molecule has 0 aliphatic heterocycles. The van der Waals surface area contributed by atoms with Crippen molar-refractivity contribution in [2.75, 3.05) is 20.0 Å². The lowest BCUT2D eigenvalue weighted by molar-refractivity contribution is 0.0428. The van der Waals surface area contributed by atoms with E-state index in [0.717, 1.165) is 24.3 Å². The van der Waals surface area contributed by atoms with Crippen LogP contribution in [0.25, 0.3) is 11.0 Å². The monoisotopic (exact) mass is 305 g/mol. The summed E-state index contributed by atoms with van der Waals surface area (Å²) in [5, 5.41) is 0. The largest absolute Gasteiger partial charge is 0.326 e. The summed E-state index contributed by atoms with van der Waals surface area (Å²) in [6.45, 7) is 3.14. The van der Waals surface area contributed by atoms with E-state index in [1.165, 1.54) is 30.3 Å². The molecule has 0 amide bonds. The second-order valence-electron chi connectivity index (χ2n) is 6.52. The fourth-order valence-electron chi connectivity index (χ4n) is 3.37. The summed E-state index contributed by atoms with van der Waals surface area (Å²) in [5.74, 6) is 1.75. The first-order chi connectivity index (χ1) is 10.1. The third-order valence-electron chi connectivity index (χ3n) is 4.99. The molecule has 0 N–H and O–H groups in total. The normalized spacial score (nSPS) is 17.4. The van der Waals surface area contributed by atoms with Crippen LogP contribution in [0.4, 0.5) is 0 Å². The maximum Gasteiger partial charge on any atom is 0.111 e. The minimum Gasteiger partial charge on any atom is -0.326 e. The molecule has 4 heteroatoms. The molecule has 2 aromatic rings. The van der Waals surface area contributed by atoms with E-state index in [-0.39, 0.29) is 0 Å². The lowest BCUT2D eigenvalue weighted by Crippen LogP contribution is -2.53. The Hall–Kier alpha value is -1.06. The molecule has 3 nitrogen and oxygen atoms in total. The van der Waals surface area contributed by atoms with Crippen LogP contribution >= 0.6 is 11.6 Å². The molecular formula is C17H24ClN3. The van der Waals surface area contributed by atoms with E-state index < -0.39 is 0 Å². The van der Waals surface area contributed by atoms with Crippen molar-refractivity contribution in [2.24, 2.45) is 0 Å². The molecule has 114 valence electrons. The van der Waals surface area contributed by atoms with Crippen molar-refractivity contribution in [2.45, 2.75) is 44.7 Å². The van der Waals surface area contributed by atoms with Crippen LogP contribution in [-0.2, 0) is 13.0 Å². The summed E-state index contributed by atoms with van der Waals surface area (Å²) >= 11 is 5.98. The van der Waals surface area contributed by atoms with E-state index in [4.69, 9.17) is 16.6 Å². The summed E-state index contributed by atoms with van der Waals surface area (Å²) in [7, 11) is 4.40. The Kier molecular flexibility index (Phi) is 3.98. The molecule has 0 radical (unpaired) electrons. The van der Waals surface area contributed by atoms with Gasteiger partial charge in [-0.1, -0.05) is 6.07 Å². The third-order valence-corrected chi connectivity index (χ3v) is 5.18. The van der Waals surface area contributed by atoms with Gasteiger partial charge in [-0.25, -0.2) is 4.98 Å². The van der Waals surface area contributed by atoms with Gasteiger partial charge >= 0.3 is 0 Å². The average molecular weight is 306 g/mol. The van der Waals surface area contributed by atoms with Gasteiger partial charge in [-0.05, 0) is 58.0 Å². The number of aromatic nitrogens is 2. The number of aryl methyl sites for hydroxylation is 2. The first-order valence-corrected chi connectivity index (χ1v) is 8.28. The molecule has 1 aliphatic rings. The second kappa shape index (κ2) is 5.62. The fraction of sp³-hybridized carbons (Fsp3) is 0.588. The Balaban J connectivity index is 2.05. The van der Waals surface area contributed by atoms with Crippen LogP contribution in [0, 0.1) is 6.92 Å². The smallest absolute Gasteiger partial charge is 0.111 e. The van der Waals surface area contributed by atoms with Gasteiger partial charge in [0.25, 0.3) is 0 Å². The Bertz CT molecular complexity index is 641. The van der Waals surface area contributed by atoms with Crippen molar-refractivity contribution in [3.05, 3.63) is 29.6 Å². The van der Waals surface area contributed by atoms with Crippen LogP contribution in [0.2, 0.25) is 0 Å². The molecule has 21 heavy (non-hydrogen) atoms. The zero-order chi connectivity index (χ0) is 15.0. The van der Waals surface area contributed by atoms with Crippen LogP contribution in [0.1, 0.15) is 30.7 Å². The molecule has 0 bridgehead atoms. The van der Waals surface area contributed by atoms with Crippen LogP contribution < -0.4 is 0 Å². The zero-order valence-corrected chi connectivity index (χ0v) is 14.0. The molecular weight excluding hydrogens is 282 g/mol. The van der Waals surface area contributed by atoms with Crippen LogP contribution in [0.15, 0.2) is 18.2 Å². The van der Waals surface area contributed by atoms with Gasteiger partial charge < -0.3 is 9.47 Å². The lowest BCUT2D eigenvalue weighted by Gasteiger charge is -2.47. The fourth-order valence-corrected chi connectivity index (χ4v) is 3.54. The summed E-state index contributed by atoms with van der Waals surface area (Å²) in [6, 6.07) is 6.55. The predicted molar refractivity (Wildman–Crippen MR) is 89.2 cm³/mol. The molecule has 0 spiro atoms. The number of fused-ring (bicyclic) bond motifs is 1. The van der Waals surface area contributed by atoms with Gasteiger partial charge in [0, 0.05) is 24.4 Å². The van der Waals surface area contributed by atoms with E-state index in [1.807, 2.05) is 0 Å². The van der Waals surface area contributed by atoms with Gasteiger partial charge in [-0.2, -0.15) is 0 Å². The minimum atomic E-state index is 0.291.